The normalized spacial score (nSPS) is 10.8. The summed E-state index contributed by atoms with van der Waals surface area (Å²) in [5, 5.41) is 2.49. The van der Waals surface area contributed by atoms with E-state index in [1.807, 2.05) is 6.92 Å². The summed E-state index contributed by atoms with van der Waals surface area (Å²) in [7, 11) is 0. The van der Waals surface area contributed by atoms with Gasteiger partial charge < -0.3 is 9.57 Å². The molecule has 0 bridgehead atoms. The Balaban J connectivity index is 4.37. The van der Waals surface area contributed by atoms with E-state index >= 15 is 0 Å². The predicted octanol–water partition coefficient (Wildman–Crippen LogP) is 0.667. The quantitative estimate of drug-likeness (QED) is 0.165. The van der Waals surface area contributed by atoms with Gasteiger partial charge in [-0.15, -0.1) is 0 Å². The van der Waals surface area contributed by atoms with E-state index < -0.39 is 22.7 Å². The van der Waals surface area contributed by atoms with E-state index in [-0.39, 0.29) is 13.2 Å². The second-order valence-corrected chi connectivity index (χ2v) is 2.95. The summed E-state index contributed by atoms with van der Waals surface area (Å²) in [6.07, 6.45) is 0.674. The number of hydrogen-bond acceptors (Lipinski definition) is 6. The van der Waals surface area contributed by atoms with Crippen LogP contribution in [0.4, 0.5) is 0 Å². The summed E-state index contributed by atoms with van der Waals surface area (Å²) >= 11 is 5.35. The molecule has 0 spiro atoms. The predicted molar refractivity (Wildman–Crippen MR) is 56.2 cm³/mol. The molecule has 16 heavy (non-hydrogen) atoms. The molecular formula is C9H12ClNO5. The number of halogens is 1. The lowest BCUT2D eigenvalue weighted by molar-refractivity contribution is -0.155. The van der Waals surface area contributed by atoms with Crippen molar-refractivity contribution < 1.29 is 24.0 Å². The number of ether oxygens (including phenoxy) is 1. The fourth-order valence-corrected chi connectivity index (χ4v) is 0.753. The highest BCUT2D eigenvalue weighted by Gasteiger charge is 2.28. The molecule has 0 atom stereocenters. The Morgan fingerprint density at radius 1 is 1.19 bits per heavy atom. The van der Waals surface area contributed by atoms with E-state index in [1.165, 1.54) is 6.92 Å². The van der Waals surface area contributed by atoms with Crippen molar-refractivity contribution in [3.05, 3.63) is 0 Å². The summed E-state index contributed by atoms with van der Waals surface area (Å²) in [4.78, 5) is 37.7. The van der Waals surface area contributed by atoms with Crippen molar-refractivity contribution >= 4 is 34.3 Å². The van der Waals surface area contributed by atoms with Gasteiger partial charge in [0.15, 0.2) is 0 Å². The summed E-state index contributed by atoms with van der Waals surface area (Å²) in [6.45, 7) is 3.60. The third-order valence-electron chi connectivity index (χ3n) is 1.29. The summed E-state index contributed by atoms with van der Waals surface area (Å²) in [5.41, 5.74) is 0. The smallest absolute Gasteiger partial charge is 0.383 e. The lowest BCUT2D eigenvalue weighted by atomic mass is 10.3. The van der Waals surface area contributed by atoms with Gasteiger partial charge in [0.1, 0.15) is 6.61 Å². The van der Waals surface area contributed by atoms with Gasteiger partial charge in [-0.05, 0) is 13.3 Å². The van der Waals surface area contributed by atoms with Gasteiger partial charge in [0.05, 0.1) is 6.61 Å². The van der Waals surface area contributed by atoms with Gasteiger partial charge in [-0.3, -0.25) is 9.59 Å². The zero-order chi connectivity index (χ0) is 12.6. The van der Waals surface area contributed by atoms with Crippen molar-refractivity contribution in [1.29, 1.82) is 0 Å². The maximum absolute atomic E-state index is 11.2. The highest BCUT2D eigenvalue weighted by molar-refractivity contribution is 6.95. The van der Waals surface area contributed by atoms with E-state index in [0.29, 0.717) is 6.42 Å². The van der Waals surface area contributed by atoms with Gasteiger partial charge in [-0.2, -0.15) is 0 Å². The number of carbonyl (C=O) groups excluding carboxylic acids is 3. The average molecular weight is 250 g/mol. The van der Waals surface area contributed by atoms with Crippen molar-refractivity contribution in [1.82, 2.24) is 0 Å². The SMILES string of the molecule is CCCON=C(Cl)C(=O)C(=O)C(=O)OCC. The molecule has 0 aliphatic carbocycles. The number of hydrogen-bond donors (Lipinski definition) is 0. The Bertz CT molecular complexity index is 313. The third-order valence-corrected chi connectivity index (χ3v) is 1.54. The lowest BCUT2D eigenvalue weighted by Gasteiger charge is -1.99. The van der Waals surface area contributed by atoms with Gasteiger partial charge in [-0.25, -0.2) is 4.79 Å². The molecule has 0 saturated carbocycles. The van der Waals surface area contributed by atoms with Crippen LogP contribution in [0.5, 0.6) is 0 Å². The average Bonchev–Trinajstić information content (AvgIpc) is 2.27. The van der Waals surface area contributed by atoms with Crippen molar-refractivity contribution in [3.8, 4) is 0 Å². The number of esters is 1. The van der Waals surface area contributed by atoms with Crippen LogP contribution >= 0.6 is 11.6 Å². The number of ketones is 2. The number of carbonyl (C=O) groups is 3. The lowest BCUT2D eigenvalue weighted by Crippen LogP contribution is -2.29. The van der Waals surface area contributed by atoms with Gasteiger partial charge in [-0.1, -0.05) is 23.7 Å². The molecule has 90 valence electrons. The van der Waals surface area contributed by atoms with E-state index in [4.69, 9.17) is 11.6 Å². The van der Waals surface area contributed by atoms with Crippen molar-refractivity contribution in [2.75, 3.05) is 13.2 Å². The van der Waals surface area contributed by atoms with Crippen LogP contribution in [-0.2, 0) is 24.0 Å². The van der Waals surface area contributed by atoms with Crippen LogP contribution in [0.1, 0.15) is 20.3 Å². The Labute approximate surface area is 97.5 Å². The number of rotatable bonds is 7. The highest BCUT2D eigenvalue weighted by atomic mass is 35.5. The first-order valence-corrected chi connectivity index (χ1v) is 5.03. The molecule has 6 nitrogen and oxygen atoms in total. The zero-order valence-corrected chi connectivity index (χ0v) is 9.74. The zero-order valence-electron chi connectivity index (χ0n) is 8.99. The second kappa shape index (κ2) is 7.81. The summed E-state index contributed by atoms with van der Waals surface area (Å²) in [5.74, 6) is -3.86. The Kier molecular flexibility index (Phi) is 7.11. The van der Waals surface area contributed by atoms with Gasteiger partial charge >= 0.3 is 11.8 Å². The Hall–Kier alpha value is -1.43. The van der Waals surface area contributed by atoms with E-state index in [1.54, 1.807) is 0 Å². The molecule has 0 aromatic heterocycles. The highest BCUT2D eigenvalue weighted by Crippen LogP contribution is 1.95. The van der Waals surface area contributed by atoms with Gasteiger partial charge in [0, 0.05) is 0 Å². The van der Waals surface area contributed by atoms with Crippen LogP contribution in [0.15, 0.2) is 5.16 Å². The van der Waals surface area contributed by atoms with E-state index in [2.05, 4.69) is 14.7 Å². The van der Waals surface area contributed by atoms with Crippen molar-refractivity contribution in [2.24, 2.45) is 5.16 Å². The molecule has 0 amide bonds. The molecule has 0 aromatic carbocycles. The first-order chi connectivity index (χ1) is 7.54. The van der Waals surface area contributed by atoms with Gasteiger partial charge in [0.25, 0.3) is 5.78 Å². The molecule has 0 aliphatic heterocycles. The molecule has 0 aliphatic rings. The van der Waals surface area contributed by atoms with Crippen LogP contribution in [0, 0.1) is 0 Å². The molecule has 0 aromatic rings. The number of Topliss-reactive ketones (excluding diaryl/α,β-unsaturated/α-hetero) is 2. The van der Waals surface area contributed by atoms with Gasteiger partial charge in [0.2, 0.25) is 5.17 Å². The first kappa shape index (κ1) is 14.6. The minimum Gasteiger partial charge on any atom is -0.460 e. The van der Waals surface area contributed by atoms with Crippen molar-refractivity contribution in [3.63, 3.8) is 0 Å². The summed E-state index contributed by atoms with van der Waals surface area (Å²) < 4.78 is 4.34. The molecule has 0 rings (SSSR count). The molecule has 0 saturated heterocycles. The molecule has 0 N–H and O–H groups in total. The minimum atomic E-state index is -1.37. The molecule has 0 unspecified atom stereocenters. The monoisotopic (exact) mass is 249 g/mol. The minimum absolute atomic E-state index is 0.00104. The molecular weight excluding hydrogens is 238 g/mol. The topological polar surface area (TPSA) is 82.0 Å². The Morgan fingerprint density at radius 3 is 2.31 bits per heavy atom. The fourth-order valence-electron chi connectivity index (χ4n) is 0.618. The standard InChI is InChI=1S/C9H12ClNO5/c1-3-5-16-11-8(10)6(12)7(13)9(14)15-4-2/h3-5H2,1-2H3. The van der Waals surface area contributed by atoms with Crippen LogP contribution in [-0.4, -0.2) is 35.9 Å². The summed E-state index contributed by atoms with van der Waals surface area (Å²) in [6, 6.07) is 0. The van der Waals surface area contributed by atoms with Crippen LogP contribution < -0.4 is 0 Å². The maximum atomic E-state index is 11.2. The van der Waals surface area contributed by atoms with E-state index in [9.17, 15) is 14.4 Å². The van der Waals surface area contributed by atoms with Crippen LogP contribution in [0.2, 0.25) is 0 Å². The Morgan fingerprint density at radius 2 is 1.81 bits per heavy atom. The van der Waals surface area contributed by atoms with Crippen LogP contribution in [0.3, 0.4) is 0 Å². The second-order valence-electron chi connectivity index (χ2n) is 2.59. The number of nitrogens with zero attached hydrogens (tertiary/aromatic N) is 1. The van der Waals surface area contributed by atoms with Crippen molar-refractivity contribution in [2.45, 2.75) is 20.3 Å². The molecule has 0 heterocycles. The van der Waals surface area contributed by atoms with E-state index in [0.717, 1.165) is 0 Å². The van der Waals surface area contributed by atoms with Crippen LogP contribution in [0.25, 0.3) is 0 Å². The maximum Gasteiger partial charge on any atom is 0.383 e. The molecule has 7 heteroatoms. The molecule has 0 radical (unpaired) electrons. The fraction of sp³-hybridized carbons (Fsp3) is 0.556. The largest absolute Gasteiger partial charge is 0.460 e. The number of oxime groups is 1. The first-order valence-electron chi connectivity index (χ1n) is 4.65. The third kappa shape index (κ3) is 4.88. The molecule has 0 fully saturated rings.